The molecule has 0 atom stereocenters. The van der Waals surface area contributed by atoms with Crippen LogP contribution in [0.15, 0.2) is 24.3 Å². The quantitative estimate of drug-likeness (QED) is 0.833. The zero-order valence-electron chi connectivity index (χ0n) is 16.2. The van der Waals surface area contributed by atoms with Crippen LogP contribution in [0.25, 0.3) is 11.1 Å². The third-order valence-electron chi connectivity index (χ3n) is 3.69. The zero-order chi connectivity index (χ0) is 20.9. The molecule has 0 fully saturated rings. The second-order valence-corrected chi connectivity index (χ2v) is 6.91. The lowest BCUT2D eigenvalue weighted by molar-refractivity contribution is 0.0523. The molecular formula is C20H21N5O3. The summed E-state index contributed by atoms with van der Waals surface area (Å²) in [5.41, 5.74) is 7.31. The molecular weight excluding hydrogens is 358 g/mol. The number of aromatic nitrogens is 1. The Hall–Kier alpha value is -3.78. The number of carbonyl (C=O) groups excluding carboxylic acids is 1. The first-order valence-corrected chi connectivity index (χ1v) is 8.44. The topological polar surface area (TPSA) is 134 Å². The normalized spacial score (nSPS) is 10.5. The Morgan fingerprint density at radius 1 is 1.18 bits per heavy atom. The molecule has 0 radical (unpaired) electrons. The first kappa shape index (κ1) is 20.5. The molecule has 0 unspecified atom stereocenters. The minimum absolute atomic E-state index is 0.0102. The van der Waals surface area contributed by atoms with Crippen molar-refractivity contribution in [2.75, 3.05) is 12.8 Å². The van der Waals surface area contributed by atoms with Crippen LogP contribution in [0, 0.1) is 22.7 Å². The first-order valence-electron chi connectivity index (χ1n) is 8.44. The molecule has 1 aromatic carbocycles. The van der Waals surface area contributed by atoms with Gasteiger partial charge >= 0.3 is 6.09 Å². The predicted molar refractivity (Wildman–Crippen MR) is 103 cm³/mol. The van der Waals surface area contributed by atoms with Gasteiger partial charge in [-0.2, -0.15) is 15.5 Å². The highest BCUT2D eigenvalue weighted by Crippen LogP contribution is 2.34. The van der Waals surface area contributed by atoms with Gasteiger partial charge in [0.25, 0.3) is 0 Å². The van der Waals surface area contributed by atoms with Gasteiger partial charge in [-0.05, 0) is 31.9 Å². The number of alkyl carbamates (subject to hydrolysis) is 1. The van der Waals surface area contributed by atoms with E-state index >= 15 is 0 Å². The minimum atomic E-state index is -0.574. The van der Waals surface area contributed by atoms with Gasteiger partial charge in [-0.3, -0.25) is 0 Å². The third-order valence-corrected chi connectivity index (χ3v) is 3.69. The Morgan fingerprint density at radius 3 is 2.29 bits per heavy atom. The van der Waals surface area contributed by atoms with E-state index in [-0.39, 0.29) is 29.4 Å². The molecule has 1 amide bonds. The molecule has 3 N–H and O–H groups in total. The highest BCUT2D eigenvalue weighted by Gasteiger charge is 2.21. The monoisotopic (exact) mass is 379 g/mol. The van der Waals surface area contributed by atoms with E-state index in [1.165, 1.54) is 7.11 Å². The summed E-state index contributed by atoms with van der Waals surface area (Å²) < 4.78 is 10.3. The van der Waals surface area contributed by atoms with Crippen LogP contribution < -0.4 is 15.8 Å². The van der Waals surface area contributed by atoms with Crippen LogP contribution in [-0.2, 0) is 11.3 Å². The number of hydrogen-bond acceptors (Lipinski definition) is 7. The molecule has 8 heteroatoms. The van der Waals surface area contributed by atoms with Crippen molar-refractivity contribution in [3.05, 3.63) is 41.0 Å². The molecule has 1 heterocycles. The highest BCUT2D eigenvalue weighted by atomic mass is 16.6. The maximum atomic E-state index is 11.8. The Morgan fingerprint density at radius 2 is 1.79 bits per heavy atom. The van der Waals surface area contributed by atoms with Gasteiger partial charge in [0.05, 0.1) is 7.11 Å². The van der Waals surface area contributed by atoms with E-state index in [0.717, 1.165) is 5.56 Å². The van der Waals surface area contributed by atoms with Crippen LogP contribution in [0.5, 0.6) is 5.88 Å². The number of nitrogen functional groups attached to an aromatic ring is 1. The standard InChI is InChI=1S/C20H21N5O3/c1-20(2,3)28-19(26)24-11-12-5-7-13(8-6-12)16-14(9-21)17(23)25-18(27-4)15(16)10-22/h5-8H,11H2,1-4H3,(H2,23,25)(H,24,26). The van der Waals surface area contributed by atoms with Crippen LogP contribution in [0.2, 0.25) is 0 Å². The van der Waals surface area contributed by atoms with E-state index in [1.54, 1.807) is 45.0 Å². The summed E-state index contributed by atoms with van der Waals surface area (Å²) in [6.07, 6.45) is -0.512. The summed E-state index contributed by atoms with van der Waals surface area (Å²) >= 11 is 0. The molecule has 8 nitrogen and oxygen atoms in total. The number of methoxy groups -OCH3 is 1. The Kier molecular flexibility index (Phi) is 6.07. The number of hydrogen-bond donors (Lipinski definition) is 2. The van der Waals surface area contributed by atoms with Gasteiger partial charge in [-0.25, -0.2) is 4.79 Å². The summed E-state index contributed by atoms with van der Waals surface area (Å²) in [6.45, 7) is 5.63. The van der Waals surface area contributed by atoms with E-state index in [0.29, 0.717) is 11.1 Å². The van der Waals surface area contributed by atoms with Crippen molar-refractivity contribution in [2.24, 2.45) is 0 Å². The molecule has 0 aliphatic heterocycles. The number of amides is 1. The second kappa shape index (κ2) is 8.28. The molecule has 0 aliphatic rings. The predicted octanol–water partition coefficient (Wildman–Crippen LogP) is 3.11. The molecule has 0 saturated carbocycles. The molecule has 1 aromatic heterocycles. The summed E-state index contributed by atoms with van der Waals surface area (Å²) in [5.74, 6) is 0.0497. The maximum absolute atomic E-state index is 11.8. The summed E-state index contributed by atoms with van der Waals surface area (Å²) in [4.78, 5) is 15.7. The Balaban J connectivity index is 2.32. The second-order valence-electron chi connectivity index (χ2n) is 6.91. The lowest BCUT2D eigenvalue weighted by Gasteiger charge is -2.19. The van der Waals surface area contributed by atoms with Crippen LogP contribution >= 0.6 is 0 Å². The average Bonchev–Trinajstić information content (AvgIpc) is 2.64. The van der Waals surface area contributed by atoms with E-state index in [4.69, 9.17) is 15.2 Å². The molecule has 2 aromatic rings. The van der Waals surface area contributed by atoms with Gasteiger partial charge < -0.3 is 20.5 Å². The smallest absolute Gasteiger partial charge is 0.407 e. The largest absolute Gasteiger partial charge is 0.480 e. The van der Waals surface area contributed by atoms with Crippen LogP contribution in [0.3, 0.4) is 0 Å². The fourth-order valence-corrected chi connectivity index (χ4v) is 2.51. The number of nitriles is 2. The van der Waals surface area contributed by atoms with Gasteiger partial charge in [-0.1, -0.05) is 24.3 Å². The number of carbonyl (C=O) groups is 1. The summed E-state index contributed by atoms with van der Waals surface area (Å²) in [5, 5.41) is 21.6. The van der Waals surface area contributed by atoms with Crippen molar-refractivity contribution in [2.45, 2.75) is 32.9 Å². The third kappa shape index (κ3) is 4.68. The number of anilines is 1. The number of pyridine rings is 1. The van der Waals surface area contributed by atoms with Crippen LogP contribution in [-0.4, -0.2) is 23.8 Å². The van der Waals surface area contributed by atoms with Crippen molar-refractivity contribution >= 4 is 11.9 Å². The van der Waals surface area contributed by atoms with Gasteiger partial charge in [-0.15, -0.1) is 0 Å². The molecule has 0 aliphatic carbocycles. The van der Waals surface area contributed by atoms with Crippen molar-refractivity contribution in [3.8, 4) is 29.1 Å². The van der Waals surface area contributed by atoms with E-state index in [1.807, 2.05) is 12.1 Å². The van der Waals surface area contributed by atoms with Crippen LogP contribution in [0.1, 0.15) is 37.5 Å². The van der Waals surface area contributed by atoms with Crippen molar-refractivity contribution < 1.29 is 14.3 Å². The van der Waals surface area contributed by atoms with E-state index in [2.05, 4.69) is 10.3 Å². The van der Waals surface area contributed by atoms with Crippen molar-refractivity contribution in [1.29, 1.82) is 10.5 Å². The van der Waals surface area contributed by atoms with Crippen molar-refractivity contribution in [1.82, 2.24) is 10.3 Å². The number of nitrogens with one attached hydrogen (secondary N) is 1. The van der Waals surface area contributed by atoms with Crippen molar-refractivity contribution in [3.63, 3.8) is 0 Å². The maximum Gasteiger partial charge on any atom is 0.407 e. The number of nitrogens with zero attached hydrogens (tertiary/aromatic N) is 3. The van der Waals surface area contributed by atoms with Gasteiger partial charge in [0.15, 0.2) is 0 Å². The van der Waals surface area contributed by atoms with Crippen LogP contribution in [0.4, 0.5) is 10.6 Å². The van der Waals surface area contributed by atoms with Gasteiger partial charge in [0.2, 0.25) is 5.88 Å². The lowest BCUT2D eigenvalue weighted by Crippen LogP contribution is -2.32. The first-order chi connectivity index (χ1) is 13.2. The summed E-state index contributed by atoms with van der Waals surface area (Å²) in [6, 6.07) is 11.0. The fraction of sp³-hybridized carbons (Fsp3) is 0.300. The fourth-order valence-electron chi connectivity index (χ4n) is 2.51. The van der Waals surface area contributed by atoms with E-state index < -0.39 is 11.7 Å². The summed E-state index contributed by atoms with van der Waals surface area (Å²) in [7, 11) is 1.38. The Labute approximate surface area is 163 Å². The highest BCUT2D eigenvalue weighted by molar-refractivity contribution is 5.82. The molecule has 2 rings (SSSR count). The molecule has 28 heavy (non-hydrogen) atoms. The Bertz CT molecular complexity index is 964. The zero-order valence-corrected chi connectivity index (χ0v) is 16.2. The number of ether oxygens (including phenoxy) is 2. The molecule has 144 valence electrons. The van der Waals surface area contributed by atoms with E-state index in [9.17, 15) is 15.3 Å². The van der Waals surface area contributed by atoms with Gasteiger partial charge in [0.1, 0.15) is 34.7 Å². The molecule has 0 saturated heterocycles. The molecule has 0 bridgehead atoms. The minimum Gasteiger partial charge on any atom is -0.480 e. The average molecular weight is 379 g/mol. The number of rotatable bonds is 4. The molecule has 0 spiro atoms. The number of benzene rings is 1. The van der Waals surface area contributed by atoms with Gasteiger partial charge in [0, 0.05) is 12.1 Å². The SMILES string of the molecule is COc1nc(N)c(C#N)c(-c2ccc(CNC(=O)OC(C)(C)C)cc2)c1C#N. The number of nitrogens with two attached hydrogens (primary N) is 1. The lowest BCUT2D eigenvalue weighted by atomic mass is 9.95.